The van der Waals surface area contributed by atoms with Crippen molar-refractivity contribution in [3.63, 3.8) is 0 Å². The van der Waals surface area contributed by atoms with Gasteiger partial charge in [-0.3, -0.25) is 4.79 Å². The summed E-state index contributed by atoms with van der Waals surface area (Å²) in [5.74, 6) is -1.08. The molecule has 0 saturated carbocycles. The third-order valence-corrected chi connectivity index (χ3v) is 1.32. The van der Waals surface area contributed by atoms with E-state index in [-0.39, 0.29) is 40.7 Å². The van der Waals surface area contributed by atoms with Gasteiger partial charge >= 0.3 is 35.5 Å². The Balaban J connectivity index is 0.00000121. The van der Waals surface area contributed by atoms with E-state index in [1.807, 2.05) is 0 Å². The van der Waals surface area contributed by atoms with Crippen molar-refractivity contribution in [2.75, 3.05) is 0 Å². The molecular weight excluding hydrogens is 167 g/mol. The van der Waals surface area contributed by atoms with Crippen LogP contribution < -0.4 is 0 Å². The predicted molar refractivity (Wildman–Crippen MR) is 45.9 cm³/mol. The molecule has 1 aromatic rings. The fourth-order valence-electron chi connectivity index (χ4n) is 0.795. The molecule has 0 radical (unpaired) electrons. The van der Waals surface area contributed by atoms with Crippen molar-refractivity contribution in [1.29, 1.82) is 0 Å². The maximum absolute atomic E-state index is 10.4. The van der Waals surface area contributed by atoms with Crippen LogP contribution in [0.3, 0.4) is 0 Å². The molecule has 3 nitrogen and oxygen atoms in total. The fraction of sp³-hybridized carbons (Fsp3) is 0. The maximum atomic E-state index is 10.4. The van der Waals surface area contributed by atoms with Crippen LogP contribution in [0.25, 0.3) is 0 Å². The van der Waals surface area contributed by atoms with Gasteiger partial charge in [0.05, 0.1) is 5.56 Å². The van der Waals surface area contributed by atoms with E-state index in [2.05, 4.69) is 0 Å². The predicted octanol–water partition coefficient (Wildman–Crippen LogP) is 0.549. The van der Waals surface area contributed by atoms with Crippen LogP contribution in [0.5, 0.6) is 0 Å². The topological polar surface area (TPSA) is 54.4 Å². The molecule has 0 aliphatic rings. The monoisotopic (exact) mass is 174 g/mol. The molecule has 0 aromatic heterocycles. The fourth-order valence-corrected chi connectivity index (χ4v) is 0.795. The quantitative estimate of drug-likeness (QED) is 0.526. The third-order valence-electron chi connectivity index (χ3n) is 1.32. The van der Waals surface area contributed by atoms with Crippen LogP contribution in [0.4, 0.5) is 0 Å². The number of carboxylic acids is 1. The normalized spacial score (nSPS) is 8.33. The molecule has 0 unspecified atom stereocenters. The van der Waals surface area contributed by atoms with Crippen molar-refractivity contribution in [2.45, 2.75) is 0 Å². The van der Waals surface area contributed by atoms with E-state index in [1.54, 1.807) is 12.1 Å². The number of aldehydes is 1. The van der Waals surface area contributed by atoms with Gasteiger partial charge in [0.2, 0.25) is 0 Å². The molecule has 0 spiro atoms. The van der Waals surface area contributed by atoms with Crippen LogP contribution in [0.15, 0.2) is 24.3 Å². The van der Waals surface area contributed by atoms with E-state index in [4.69, 9.17) is 5.11 Å². The number of rotatable bonds is 2. The summed E-state index contributed by atoms with van der Waals surface area (Å²) in [6.07, 6.45) is 0.531. The van der Waals surface area contributed by atoms with Crippen molar-refractivity contribution < 1.29 is 14.7 Å². The molecular formula is C8H7NaO3. The standard InChI is InChI=1S/C8H6O3.Na.H/c9-5-6-3-1-2-4-7(6)8(10)11;;/h1-5H,(H,10,11);;. The van der Waals surface area contributed by atoms with Crippen LogP contribution in [-0.2, 0) is 0 Å². The third kappa shape index (κ3) is 2.44. The second-order valence-electron chi connectivity index (χ2n) is 2.01. The summed E-state index contributed by atoms with van der Waals surface area (Å²) in [5.41, 5.74) is 0.252. The van der Waals surface area contributed by atoms with E-state index in [0.717, 1.165) is 0 Å². The van der Waals surface area contributed by atoms with Crippen LogP contribution in [-0.4, -0.2) is 46.9 Å². The number of hydrogen-bond acceptors (Lipinski definition) is 2. The van der Waals surface area contributed by atoms with Crippen molar-refractivity contribution in [2.24, 2.45) is 0 Å². The molecule has 1 rings (SSSR count). The Hall–Kier alpha value is -0.640. The SMILES string of the molecule is O=Cc1ccccc1C(=O)O.[NaH]. The van der Waals surface area contributed by atoms with Crippen LogP contribution in [0.1, 0.15) is 20.7 Å². The van der Waals surface area contributed by atoms with Gasteiger partial charge in [0.25, 0.3) is 0 Å². The van der Waals surface area contributed by atoms with Gasteiger partial charge < -0.3 is 5.11 Å². The van der Waals surface area contributed by atoms with Gasteiger partial charge in [-0.1, -0.05) is 18.2 Å². The second kappa shape index (κ2) is 5.09. The molecule has 0 heterocycles. The van der Waals surface area contributed by atoms with Crippen molar-refractivity contribution >= 4 is 41.8 Å². The number of carboxylic acid groups (broad SMARTS) is 1. The first kappa shape index (κ1) is 11.4. The zero-order valence-corrected chi connectivity index (χ0v) is 5.65. The number of carbonyl (C=O) groups excluding carboxylic acids is 1. The van der Waals surface area contributed by atoms with Crippen LogP contribution >= 0.6 is 0 Å². The number of hydrogen-bond donors (Lipinski definition) is 1. The molecule has 58 valence electrons. The van der Waals surface area contributed by atoms with Gasteiger partial charge in [-0.2, -0.15) is 0 Å². The minimum atomic E-state index is -1.08. The first-order chi connectivity index (χ1) is 5.25. The van der Waals surface area contributed by atoms with E-state index in [1.165, 1.54) is 12.1 Å². The van der Waals surface area contributed by atoms with Crippen molar-refractivity contribution in [3.8, 4) is 0 Å². The Kier molecular flexibility index (Phi) is 4.81. The molecule has 0 aliphatic heterocycles. The number of benzene rings is 1. The van der Waals surface area contributed by atoms with Crippen molar-refractivity contribution in [1.82, 2.24) is 0 Å². The van der Waals surface area contributed by atoms with Crippen LogP contribution in [0, 0.1) is 0 Å². The Labute approximate surface area is 91.7 Å². The molecule has 0 atom stereocenters. The first-order valence-corrected chi connectivity index (χ1v) is 3.03. The van der Waals surface area contributed by atoms with Gasteiger partial charge in [0.15, 0.2) is 6.29 Å². The van der Waals surface area contributed by atoms with E-state index < -0.39 is 5.97 Å². The van der Waals surface area contributed by atoms with E-state index in [0.29, 0.717) is 6.29 Å². The summed E-state index contributed by atoms with van der Waals surface area (Å²) in [7, 11) is 0. The molecule has 1 aromatic carbocycles. The molecule has 4 heteroatoms. The summed E-state index contributed by atoms with van der Waals surface area (Å²) in [4.78, 5) is 20.7. The molecule has 1 N–H and O–H groups in total. The Morgan fingerprint density at radius 1 is 1.33 bits per heavy atom. The zero-order chi connectivity index (χ0) is 8.27. The van der Waals surface area contributed by atoms with Crippen LogP contribution in [0.2, 0.25) is 0 Å². The summed E-state index contributed by atoms with van der Waals surface area (Å²) in [5, 5.41) is 8.54. The summed E-state index contributed by atoms with van der Waals surface area (Å²) >= 11 is 0. The molecule has 12 heavy (non-hydrogen) atoms. The average molecular weight is 174 g/mol. The summed E-state index contributed by atoms with van der Waals surface area (Å²) in [6.45, 7) is 0. The first-order valence-electron chi connectivity index (χ1n) is 3.03. The van der Waals surface area contributed by atoms with E-state index in [9.17, 15) is 9.59 Å². The Morgan fingerprint density at radius 3 is 2.33 bits per heavy atom. The summed E-state index contributed by atoms with van der Waals surface area (Å²) in [6, 6.07) is 6.06. The Bertz CT molecular complexity index is 296. The van der Waals surface area contributed by atoms with E-state index >= 15 is 0 Å². The molecule has 0 bridgehead atoms. The average Bonchev–Trinajstić information content (AvgIpc) is 2.04. The summed E-state index contributed by atoms with van der Waals surface area (Å²) < 4.78 is 0. The zero-order valence-electron chi connectivity index (χ0n) is 5.65. The van der Waals surface area contributed by atoms with Gasteiger partial charge in [0.1, 0.15) is 0 Å². The van der Waals surface area contributed by atoms with Gasteiger partial charge in [-0.25, -0.2) is 4.79 Å². The van der Waals surface area contributed by atoms with Gasteiger partial charge in [-0.05, 0) is 6.07 Å². The molecule has 0 saturated heterocycles. The second-order valence-corrected chi connectivity index (χ2v) is 2.01. The molecule has 0 amide bonds. The molecule has 0 aliphatic carbocycles. The number of aromatic carboxylic acids is 1. The number of carbonyl (C=O) groups is 2. The minimum absolute atomic E-state index is 0. The van der Waals surface area contributed by atoms with Gasteiger partial charge in [-0.15, -0.1) is 0 Å². The van der Waals surface area contributed by atoms with Crippen molar-refractivity contribution in [3.05, 3.63) is 35.4 Å². The van der Waals surface area contributed by atoms with Gasteiger partial charge in [0, 0.05) is 5.56 Å². The molecule has 0 fully saturated rings. The Morgan fingerprint density at radius 2 is 1.92 bits per heavy atom.